The number of benzene rings is 1. The second-order valence-electron chi connectivity index (χ2n) is 6.31. The SMILES string of the molecule is Cc1ccc(C(c2ccc(C)cc2C)N2CCNCC2)nc1. The zero-order valence-electron chi connectivity index (χ0n) is 13.8. The van der Waals surface area contributed by atoms with Gasteiger partial charge in [-0.3, -0.25) is 9.88 Å². The molecular weight excluding hydrogens is 270 g/mol. The highest BCUT2D eigenvalue weighted by Crippen LogP contribution is 2.30. The van der Waals surface area contributed by atoms with Crippen LogP contribution in [0.3, 0.4) is 0 Å². The van der Waals surface area contributed by atoms with Crippen LogP contribution in [0.2, 0.25) is 0 Å². The van der Waals surface area contributed by atoms with E-state index in [1.54, 1.807) is 0 Å². The van der Waals surface area contributed by atoms with Crippen molar-refractivity contribution in [2.24, 2.45) is 0 Å². The molecule has 3 rings (SSSR count). The minimum absolute atomic E-state index is 0.253. The molecule has 1 aliphatic heterocycles. The maximum absolute atomic E-state index is 4.73. The molecule has 0 aliphatic carbocycles. The Morgan fingerprint density at radius 2 is 1.73 bits per heavy atom. The molecule has 3 heteroatoms. The first-order chi connectivity index (χ1) is 10.6. The largest absolute Gasteiger partial charge is 0.314 e. The van der Waals surface area contributed by atoms with Crippen LogP contribution in [0.25, 0.3) is 0 Å². The molecule has 1 aliphatic rings. The molecule has 1 N–H and O–H groups in total. The van der Waals surface area contributed by atoms with E-state index in [1.165, 1.54) is 22.3 Å². The summed E-state index contributed by atoms with van der Waals surface area (Å²) in [6, 6.07) is 11.4. The number of hydrogen-bond donors (Lipinski definition) is 1. The van der Waals surface area contributed by atoms with E-state index in [0.717, 1.165) is 31.9 Å². The summed E-state index contributed by atoms with van der Waals surface area (Å²) in [7, 11) is 0. The Labute approximate surface area is 133 Å². The molecule has 1 aromatic carbocycles. The summed E-state index contributed by atoms with van der Waals surface area (Å²) in [6.07, 6.45) is 1.98. The quantitative estimate of drug-likeness (QED) is 0.943. The molecule has 22 heavy (non-hydrogen) atoms. The average Bonchev–Trinajstić information content (AvgIpc) is 2.52. The molecule has 0 radical (unpaired) electrons. The van der Waals surface area contributed by atoms with E-state index in [9.17, 15) is 0 Å². The lowest BCUT2D eigenvalue weighted by molar-refractivity contribution is 0.195. The van der Waals surface area contributed by atoms with Gasteiger partial charge in [0.05, 0.1) is 11.7 Å². The molecule has 1 unspecified atom stereocenters. The standard InChI is InChI=1S/C19H25N3/c1-14-4-6-17(16(3)12-14)19(22-10-8-20-9-11-22)18-7-5-15(2)13-21-18/h4-7,12-13,19-20H,8-11H2,1-3H3. The lowest BCUT2D eigenvalue weighted by Gasteiger charge is -2.35. The Hall–Kier alpha value is -1.71. The zero-order chi connectivity index (χ0) is 15.5. The van der Waals surface area contributed by atoms with Crippen molar-refractivity contribution in [3.05, 3.63) is 64.5 Å². The monoisotopic (exact) mass is 295 g/mol. The summed E-state index contributed by atoms with van der Waals surface area (Å²) in [4.78, 5) is 7.28. The molecule has 1 atom stereocenters. The first kappa shape index (κ1) is 15.2. The molecule has 2 aromatic rings. The van der Waals surface area contributed by atoms with Crippen LogP contribution in [-0.2, 0) is 0 Å². The third-order valence-electron chi connectivity index (χ3n) is 4.45. The van der Waals surface area contributed by atoms with Crippen molar-refractivity contribution in [3.8, 4) is 0 Å². The molecule has 0 saturated carbocycles. The van der Waals surface area contributed by atoms with E-state index in [2.05, 4.69) is 61.3 Å². The van der Waals surface area contributed by atoms with Gasteiger partial charge in [-0.1, -0.05) is 29.8 Å². The molecule has 1 aromatic heterocycles. The normalized spacial score (nSPS) is 17.4. The van der Waals surface area contributed by atoms with Crippen molar-refractivity contribution >= 4 is 0 Å². The minimum Gasteiger partial charge on any atom is -0.314 e. The second-order valence-corrected chi connectivity index (χ2v) is 6.31. The van der Waals surface area contributed by atoms with E-state index in [1.807, 2.05) is 6.20 Å². The van der Waals surface area contributed by atoms with Gasteiger partial charge >= 0.3 is 0 Å². The van der Waals surface area contributed by atoms with Crippen LogP contribution in [0.5, 0.6) is 0 Å². The summed E-state index contributed by atoms with van der Waals surface area (Å²) in [6.45, 7) is 10.7. The highest BCUT2D eigenvalue weighted by atomic mass is 15.2. The topological polar surface area (TPSA) is 28.2 Å². The van der Waals surface area contributed by atoms with E-state index in [-0.39, 0.29) is 6.04 Å². The number of pyridine rings is 1. The molecule has 1 fully saturated rings. The highest BCUT2D eigenvalue weighted by Gasteiger charge is 2.26. The van der Waals surface area contributed by atoms with Gasteiger partial charge in [0.1, 0.15) is 0 Å². The van der Waals surface area contributed by atoms with Gasteiger partial charge in [0.25, 0.3) is 0 Å². The number of rotatable bonds is 3. The Balaban J connectivity index is 2.03. The summed E-state index contributed by atoms with van der Waals surface area (Å²) in [5.74, 6) is 0. The summed E-state index contributed by atoms with van der Waals surface area (Å²) in [5, 5.41) is 3.44. The smallest absolute Gasteiger partial charge is 0.0779 e. The number of aryl methyl sites for hydroxylation is 3. The van der Waals surface area contributed by atoms with Gasteiger partial charge in [0.2, 0.25) is 0 Å². The van der Waals surface area contributed by atoms with E-state index >= 15 is 0 Å². The van der Waals surface area contributed by atoms with Crippen LogP contribution in [0.15, 0.2) is 36.5 Å². The first-order valence-electron chi connectivity index (χ1n) is 8.09. The summed E-state index contributed by atoms with van der Waals surface area (Å²) in [5.41, 5.74) is 6.41. The predicted molar refractivity (Wildman–Crippen MR) is 91.2 cm³/mol. The zero-order valence-corrected chi connectivity index (χ0v) is 13.8. The van der Waals surface area contributed by atoms with Crippen molar-refractivity contribution in [1.82, 2.24) is 15.2 Å². The van der Waals surface area contributed by atoms with Crippen LogP contribution >= 0.6 is 0 Å². The molecule has 1 saturated heterocycles. The minimum atomic E-state index is 0.253. The lowest BCUT2D eigenvalue weighted by atomic mass is 9.94. The Bertz CT molecular complexity index is 628. The van der Waals surface area contributed by atoms with Gasteiger partial charge in [-0.2, -0.15) is 0 Å². The highest BCUT2D eigenvalue weighted by molar-refractivity contribution is 5.37. The van der Waals surface area contributed by atoms with Crippen molar-refractivity contribution in [2.75, 3.05) is 26.2 Å². The van der Waals surface area contributed by atoms with Gasteiger partial charge < -0.3 is 5.32 Å². The van der Waals surface area contributed by atoms with Crippen molar-refractivity contribution < 1.29 is 0 Å². The Kier molecular flexibility index (Phi) is 4.55. The van der Waals surface area contributed by atoms with Crippen LogP contribution in [-0.4, -0.2) is 36.1 Å². The average molecular weight is 295 g/mol. The van der Waals surface area contributed by atoms with E-state index < -0.39 is 0 Å². The number of nitrogens with one attached hydrogen (secondary N) is 1. The number of hydrogen-bond acceptors (Lipinski definition) is 3. The fraction of sp³-hybridized carbons (Fsp3) is 0.421. The van der Waals surface area contributed by atoms with Gasteiger partial charge in [0, 0.05) is 32.4 Å². The van der Waals surface area contributed by atoms with E-state index in [4.69, 9.17) is 4.98 Å². The molecule has 116 valence electrons. The van der Waals surface area contributed by atoms with Gasteiger partial charge in [0.15, 0.2) is 0 Å². The predicted octanol–water partition coefficient (Wildman–Crippen LogP) is 3.00. The van der Waals surface area contributed by atoms with Crippen molar-refractivity contribution in [1.29, 1.82) is 0 Å². The van der Waals surface area contributed by atoms with Crippen molar-refractivity contribution in [2.45, 2.75) is 26.8 Å². The van der Waals surface area contributed by atoms with E-state index in [0.29, 0.717) is 0 Å². The number of nitrogens with zero attached hydrogens (tertiary/aromatic N) is 2. The van der Waals surface area contributed by atoms with Gasteiger partial charge in [-0.05, 0) is 43.5 Å². The number of aromatic nitrogens is 1. The molecule has 0 bridgehead atoms. The van der Waals surface area contributed by atoms with Crippen LogP contribution in [0, 0.1) is 20.8 Å². The van der Waals surface area contributed by atoms with Gasteiger partial charge in [-0.15, -0.1) is 0 Å². The fourth-order valence-corrected chi connectivity index (χ4v) is 3.26. The lowest BCUT2D eigenvalue weighted by Crippen LogP contribution is -2.45. The van der Waals surface area contributed by atoms with Crippen LogP contribution < -0.4 is 5.32 Å². The molecule has 0 amide bonds. The fourth-order valence-electron chi connectivity index (χ4n) is 3.26. The Morgan fingerprint density at radius 3 is 2.36 bits per heavy atom. The first-order valence-corrected chi connectivity index (χ1v) is 8.09. The van der Waals surface area contributed by atoms with Gasteiger partial charge in [-0.25, -0.2) is 0 Å². The van der Waals surface area contributed by atoms with Crippen molar-refractivity contribution in [3.63, 3.8) is 0 Å². The molecular formula is C19H25N3. The van der Waals surface area contributed by atoms with Crippen LogP contribution in [0.4, 0.5) is 0 Å². The molecule has 3 nitrogen and oxygen atoms in total. The third-order valence-corrected chi connectivity index (χ3v) is 4.45. The number of piperazine rings is 1. The third kappa shape index (κ3) is 3.21. The van der Waals surface area contributed by atoms with Crippen LogP contribution in [0.1, 0.15) is 34.0 Å². The molecule has 0 spiro atoms. The second kappa shape index (κ2) is 6.59. The Morgan fingerprint density at radius 1 is 1.00 bits per heavy atom. The maximum atomic E-state index is 4.73. The summed E-state index contributed by atoms with van der Waals surface area (Å²) >= 11 is 0. The molecule has 2 heterocycles. The summed E-state index contributed by atoms with van der Waals surface area (Å²) < 4.78 is 0. The maximum Gasteiger partial charge on any atom is 0.0779 e.